The number of aromatic nitrogens is 2. The van der Waals surface area contributed by atoms with Crippen LogP contribution in [0.4, 0.5) is 5.82 Å². The van der Waals surface area contributed by atoms with Gasteiger partial charge in [-0.2, -0.15) is 0 Å². The number of amides is 1. The highest BCUT2D eigenvalue weighted by molar-refractivity contribution is 7.19. The highest BCUT2D eigenvalue weighted by Gasteiger charge is 2.16. The molecule has 2 heterocycles. The van der Waals surface area contributed by atoms with E-state index in [1.54, 1.807) is 11.3 Å². The number of rotatable bonds is 26. The Bertz CT molecular complexity index is 1230. The molecule has 0 radical (unpaired) electrons. The van der Waals surface area contributed by atoms with Crippen molar-refractivity contribution in [3.63, 3.8) is 0 Å². The Kier molecular flexibility index (Phi) is 18.6. The molecule has 252 valence electrons. The molecule has 0 saturated carbocycles. The van der Waals surface area contributed by atoms with E-state index in [4.69, 9.17) is 9.97 Å². The highest BCUT2D eigenvalue weighted by atomic mass is 32.1. The zero-order chi connectivity index (χ0) is 32.1. The van der Waals surface area contributed by atoms with Gasteiger partial charge in [-0.15, -0.1) is 11.3 Å². The van der Waals surface area contributed by atoms with E-state index in [0.717, 1.165) is 77.9 Å². The van der Waals surface area contributed by atoms with Crippen molar-refractivity contribution < 1.29 is 4.79 Å². The number of anilines is 1. The molecule has 2 aromatic heterocycles. The average Bonchev–Trinajstić information content (AvgIpc) is 3.48. The van der Waals surface area contributed by atoms with Crippen molar-refractivity contribution in [3.05, 3.63) is 29.3 Å². The van der Waals surface area contributed by atoms with E-state index in [0.29, 0.717) is 12.2 Å². The van der Waals surface area contributed by atoms with E-state index in [-0.39, 0.29) is 5.91 Å². The number of carbonyl (C=O) groups is 1. The number of nitrogens with one attached hydrogen (secondary N) is 1. The zero-order valence-electron chi connectivity index (χ0n) is 29.2. The Balaban J connectivity index is 1.28. The molecule has 1 N–H and O–H groups in total. The van der Waals surface area contributed by atoms with Gasteiger partial charge in [0.1, 0.15) is 5.52 Å². The predicted octanol–water partition coefficient (Wildman–Crippen LogP) is 10.3. The molecule has 0 unspecified atom stereocenters. The summed E-state index contributed by atoms with van der Waals surface area (Å²) in [5, 5.41) is 5.32. The van der Waals surface area contributed by atoms with E-state index >= 15 is 0 Å². The quantitative estimate of drug-likeness (QED) is 0.0888. The van der Waals surface area contributed by atoms with Crippen LogP contribution in [0.2, 0.25) is 0 Å². The second-order valence-corrected chi connectivity index (χ2v) is 13.9. The molecule has 0 atom stereocenters. The summed E-state index contributed by atoms with van der Waals surface area (Å²) in [4.78, 5) is 27.8. The Labute approximate surface area is 278 Å². The molecule has 3 aromatic rings. The summed E-state index contributed by atoms with van der Waals surface area (Å²) in [5.41, 5.74) is 1.74. The van der Waals surface area contributed by atoms with Crippen LogP contribution in [-0.4, -0.2) is 64.9 Å². The highest BCUT2D eigenvalue weighted by Crippen LogP contribution is 2.34. The average molecular weight is 638 g/mol. The summed E-state index contributed by atoms with van der Waals surface area (Å²) in [5.74, 6) is 0.650. The molecule has 0 aliphatic carbocycles. The first-order chi connectivity index (χ1) is 22.1. The monoisotopic (exact) mass is 637 g/mol. The van der Waals surface area contributed by atoms with Gasteiger partial charge in [0.25, 0.3) is 0 Å². The van der Waals surface area contributed by atoms with Crippen LogP contribution in [0.5, 0.6) is 0 Å². The van der Waals surface area contributed by atoms with E-state index in [2.05, 4.69) is 48.9 Å². The number of fused-ring (bicyclic) bond motifs is 3. The molecule has 0 aliphatic rings. The Morgan fingerprint density at radius 3 is 1.89 bits per heavy atom. The second-order valence-electron chi connectivity index (χ2n) is 12.8. The number of hydrogen-bond donors (Lipinski definition) is 1. The summed E-state index contributed by atoms with van der Waals surface area (Å²) in [6.45, 7) is 16.1. The third-order valence-corrected chi connectivity index (χ3v) is 10.2. The second kappa shape index (κ2) is 22.4. The summed E-state index contributed by atoms with van der Waals surface area (Å²) >= 11 is 1.73. The molecule has 1 aromatic carbocycles. The lowest BCUT2D eigenvalue weighted by atomic mass is 10.1. The molecule has 1 amide bonds. The summed E-state index contributed by atoms with van der Waals surface area (Å²) in [7, 11) is 0. The van der Waals surface area contributed by atoms with Crippen LogP contribution < -0.4 is 5.32 Å². The molecule has 0 saturated heterocycles. The number of hydrogen-bond acceptors (Lipinski definition) is 6. The van der Waals surface area contributed by atoms with Gasteiger partial charge in [0, 0.05) is 11.8 Å². The smallest absolute Gasteiger partial charge is 0.225 e. The fourth-order valence-corrected chi connectivity index (χ4v) is 7.44. The Hall–Kier alpha value is -2.09. The summed E-state index contributed by atoms with van der Waals surface area (Å²) in [6, 6.07) is 8.16. The normalized spacial score (nSPS) is 11.9. The molecule has 45 heavy (non-hydrogen) atoms. The fourth-order valence-electron chi connectivity index (χ4n) is 6.24. The first-order valence-corrected chi connectivity index (χ1v) is 19.3. The molecule has 0 spiro atoms. The molecule has 0 aliphatic heterocycles. The van der Waals surface area contributed by atoms with Crippen LogP contribution in [-0.2, 0) is 11.2 Å². The molecule has 7 heteroatoms. The predicted molar refractivity (Wildman–Crippen MR) is 197 cm³/mol. The van der Waals surface area contributed by atoms with Gasteiger partial charge in [-0.1, -0.05) is 110 Å². The van der Waals surface area contributed by atoms with Crippen molar-refractivity contribution in [2.24, 2.45) is 0 Å². The lowest BCUT2D eigenvalue weighted by molar-refractivity contribution is -0.116. The van der Waals surface area contributed by atoms with Crippen molar-refractivity contribution in [2.45, 2.75) is 137 Å². The van der Waals surface area contributed by atoms with Crippen LogP contribution in [0.15, 0.2) is 24.3 Å². The topological polar surface area (TPSA) is 61.4 Å². The Morgan fingerprint density at radius 1 is 0.689 bits per heavy atom. The molecule has 0 bridgehead atoms. The van der Waals surface area contributed by atoms with Gasteiger partial charge >= 0.3 is 0 Å². The number of pyridine rings is 1. The van der Waals surface area contributed by atoms with Crippen LogP contribution in [0.1, 0.15) is 135 Å². The largest absolute Gasteiger partial charge is 0.309 e. The van der Waals surface area contributed by atoms with E-state index in [1.165, 1.54) is 90.3 Å². The molecular formula is C38H63N5OS. The van der Waals surface area contributed by atoms with E-state index < -0.39 is 0 Å². The van der Waals surface area contributed by atoms with Crippen LogP contribution in [0.3, 0.4) is 0 Å². The van der Waals surface area contributed by atoms with Gasteiger partial charge in [-0.3, -0.25) is 4.79 Å². The number of thiazole rings is 1. The van der Waals surface area contributed by atoms with Crippen molar-refractivity contribution in [1.29, 1.82) is 0 Å². The number of para-hydroxylation sites is 1. The lowest BCUT2D eigenvalue weighted by Crippen LogP contribution is -2.31. The number of carbonyl (C=O) groups excluding carboxylic acids is 1. The van der Waals surface area contributed by atoms with Gasteiger partial charge in [0.05, 0.1) is 15.2 Å². The maximum absolute atomic E-state index is 12.9. The molecule has 3 rings (SSSR count). The van der Waals surface area contributed by atoms with Crippen LogP contribution in [0.25, 0.3) is 21.1 Å². The first kappa shape index (κ1) is 37.4. The van der Waals surface area contributed by atoms with E-state index in [9.17, 15) is 4.79 Å². The minimum Gasteiger partial charge on any atom is -0.309 e. The Morgan fingerprint density at radius 2 is 1.27 bits per heavy atom. The van der Waals surface area contributed by atoms with Crippen molar-refractivity contribution in [2.75, 3.05) is 44.6 Å². The van der Waals surface area contributed by atoms with Crippen molar-refractivity contribution in [1.82, 2.24) is 19.8 Å². The van der Waals surface area contributed by atoms with E-state index in [1.807, 2.05) is 18.2 Å². The minimum absolute atomic E-state index is 0.0403. The van der Waals surface area contributed by atoms with Gasteiger partial charge in [-0.05, 0) is 83.9 Å². The molecule has 6 nitrogen and oxygen atoms in total. The third-order valence-electron chi connectivity index (χ3n) is 9.05. The van der Waals surface area contributed by atoms with Gasteiger partial charge < -0.3 is 15.1 Å². The lowest BCUT2D eigenvalue weighted by Gasteiger charge is -2.24. The SMILES string of the molecule is CCCCCCCCCCCCN(CC)CCCN(CC)CCCCCC(=O)Nc1nc2ccccc2c2sc(CCC)nc12. The zero-order valence-corrected chi connectivity index (χ0v) is 30.0. The first-order valence-electron chi connectivity index (χ1n) is 18.5. The molecule has 0 fully saturated rings. The van der Waals surface area contributed by atoms with Crippen molar-refractivity contribution >= 4 is 44.2 Å². The van der Waals surface area contributed by atoms with Gasteiger partial charge in [-0.25, -0.2) is 9.97 Å². The minimum atomic E-state index is 0.0403. The number of unbranched alkanes of at least 4 members (excludes halogenated alkanes) is 11. The standard InChI is InChI=1S/C38H63N5OS/c1-5-9-10-11-12-13-14-15-16-21-28-42(7-3)30-23-31-43(8-4)29-22-17-18-27-34(44)40-38-36-37(45-35(41-36)24-6-2)32-25-19-20-26-33(32)39-38/h19-20,25-26H,5-18,21-24,27-31H2,1-4H3,(H,39,40,44). The van der Waals surface area contributed by atoms with Gasteiger partial charge in [0.2, 0.25) is 5.91 Å². The maximum atomic E-state index is 12.9. The van der Waals surface area contributed by atoms with Gasteiger partial charge in [0.15, 0.2) is 5.82 Å². The van der Waals surface area contributed by atoms with Crippen molar-refractivity contribution in [3.8, 4) is 0 Å². The summed E-state index contributed by atoms with van der Waals surface area (Å²) in [6.07, 6.45) is 20.9. The fraction of sp³-hybridized carbons (Fsp3) is 0.711. The van der Waals surface area contributed by atoms with Crippen LogP contribution in [0, 0.1) is 0 Å². The maximum Gasteiger partial charge on any atom is 0.225 e. The molecular weight excluding hydrogens is 575 g/mol. The number of aryl methyl sites for hydroxylation is 1. The number of nitrogens with zero attached hydrogens (tertiary/aromatic N) is 4. The summed E-state index contributed by atoms with van der Waals surface area (Å²) < 4.78 is 1.12. The van der Waals surface area contributed by atoms with Crippen LogP contribution >= 0.6 is 11.3 Å². The third kappa shape index (κ3) is 13.7. The number of benzene rings is 1.